The number of Topliss-reactive ketones (excluding diaryl/α,β-unsaturated/α-hetero) is 1. The van der Waals surface area contributed by atoms with Gasteiger partial charge in [0.2, 0.25) is 0 Å². The van der Waals surface area contributed by atoms with Crippen molar-refractivity contribution in [2.45, 2.75) is 45.3 Å². The molecule has 1 N–H and O–H groups in total. The first-order chi connectivity index (χ1) is 8.23. The molecule has 1 saturated carbocycles. The molecule has 1 amide bonds. The van der Waals surface area contributed by atoms with Crippen molar-refractivity contribution in [2.75, 3.05) is 7.11 Å². The van der Waals surface area contributed by atoms with Crippen LogP contribution in [0, 0.1) is 5.92 Å². The van der Waals surface area contributed by atoms with Crippen LogP contribution < -0.4 is 5.32 Å². The smallest absolute Gasteiger partial charge is 0.407 e. The van der Waals surface area contributed by atoms with Gasteiger partial charge in [0.25, 0.3) is 0 Å². The number of alkyl carbamates (subject to hydrolysis) is 1. The lowest BCUT2D eigenvalue weighted by Crippen LogP contribution is -2.43. The molecule has 2 atom stereocenters. The summed E-state index contributed by atoms with van der Waals surface area (Å²) in [5, 5.41) is 2.55. The highest BCUT2D eigenvalue weighted by atomic mass is 16.6. The van der Waals surface area contributed by atoms with Crippen LogP contribution in [-0.4, -0.2) is 36.6 Å². The lowest BCUT2D eigenvalue weighted by atomic mass is 10.0. The fourth-order valence-electron chi connectivity index (χ4n) is 1.87. The van der Waals surface area contributed by atoms with Crippen molar-refractivity contribution >= 4 is 17.8 Å². The lowest BCUT2D eigenvalue weighted by Gasteiger charge is -2.23. The van der Waals surface area contributed by atoms with Crippen LogP contribution in [-0.2, 0) is 19.1 Å². The normalized spacial score (nSPS) is 23.7. The van der Waals surface area contributed by atoms with Crippen molar-refractivity contribution in [3.8, 4) is 0 Å². The van der Waals surface area contributed by atoms with Crippen LogP contribution in [0.4, 0.5) is 4.79 Å². The van der Waals surface area contributed by atoms with Crippen molar-refractivity contribution in [2.24, 2.45) is 5.92 Å². The Kier molecular flexibility index (Phi) is 4.32. The molecule has 0 aromatic carbocycles. The summed E-state index contributed by atoms with van der Waals surface area (Å²) in [5.74, 6) is -1.16. The highest BCUT2D eigenvalue weighted by molar-refractivity contribution is 5.90. The number of hydrogen-bond acceptors (Lipinski definition) is 5. The van der Waals surface area contributed by atoms with E-state index in [2.05, 4.69) is 10.1 Å². The molecule has 0 radical (unpaired) electrons. The number of amides is 1. The number of esters is 1. The topological polar surface area (TPSA) is 81.7 Å². The molecule has 1 aliphatic rings. The van der Waals surface area contributed by atoms with E-state index in [0.29, 0.717) is 0 Å². The SMILES string of the molecule is COC(=O)[C@@H]1CC(=O)C[C@H]1NC(=O)OC(C)(C)C. The number of rotatable bonds is 2. The monoisotopic (exact) mass is 257 g/mol. The highest BCUT2D eigenvalue weighted by Crippen LogP contribution is 2.24. The van der Waals surface area contributed by atoms with Gasteiger partial charge < -0.3 is 14.8 Å². The standard InChI is InChI=1S/C12H19NO5/c1-12(2,3)18-11(16)13-9-6-7(14)5-8(9)10(15)17-4/h8-9H,5-6H2,1-4H3,(H,13,16)/t8-,9-/m1/s1. The third-order valence-corrected chi connectivity index (χ3v) is 2.59. The summed E-state index contributed by atoms with van der Waals surface area (Å²) in [6.45, 7) is 5.22. The van der Waals surface area contributed by atoms with Crippen LogP contribution in [0.5, 0.6) is 0 Å². The van der Waals surface area contributed by atoms with Gasteiger partial charge in [-0.2, -0.15) is 0 Å². The minimum atomic E-state index is -0.629. The number of nitrogens with one attached hydrogen (secondary N) is 1. The molecule has 6 nitrogen and oxygen atoms in total. The van der Waals surface area contributed by atoms with E-state index in [1.54, 1.807) is 20.8 Å². The summed E-state index contributed by atoms with van der Waals surface area (Å²) in [6, 6.07) is -0.542. The predicted octanol–water partition coefficient (Wildman–Crippen LogP) is 1.03. The zero-order valence-electron chi connectivity index (χ0n) is 11.1. The van der Waals surface area contributed by atoms with Gasteiger partial charge in [0.1, 0.15) is 11.4 Å². The fraction of sp³-hybridized carbons (Fsp3) is 0.750. The molecule has 6 heteroatoms. The summed E-state index contributed by atoms with van der Waals surface area (Å²) in [5.41, 5.74) is -0.618. The average Bonchev–Trinajstić information content (AvgIpc) is 2.55. The van der Waals surface area contributed by atoms with Crippen LogP contribution in [0.25, 0.3) is 0 Å². The van der Waals surface area contributed by atoms with Crippen LogP contribution in [0.15, 0.2) is 0 Å². The molecule has 0 spiro atoms. The number of ether oxygens (including phenoxy) is 2. The molecule has 0 heterocycles. The van der Waals surface area contributed by atoms with E-state index in [9.17, 15) is 14.4 Å². The highest BCUT2D eigenvalue weighted by Gasteiger charge is 2.40. The van der Waals surface area contributed by atoms with Gasteiger partial charge in [-0.15, -0.1) is 0 Å². The zero-order chi connectivity index (χ0) is 13.9. The van der Waals surface area contributed by atoms with Gasteiger partial charge in [0.15, 0.2) is 0 Å². The van der Waals surface area contributed by atoms with Crippen molar-refractivity contribution in [1.82, 2.24) is 5.32 Å². The van der Waals surface area contributed by atoms with E-state index >= 15 is 0 Å². The predicted molar refractivity (Wildman–Crippen MR) is 62.9 cm³/mol. The number of methoxy groups -OCH3 is 1. The molecule has 1 rings (SSSR count). The quantitative estimate of drug-likeness (QED) is 0.747. The van der Waals surface area contributed by atoms with E-state index in [1.165, 1.54) is 7.11 Å². The Bertz CT molecular complexity index is 358. The summed E-state index contributed by atoms with van der Waals surface area (Å²) < 4.78 is 9.70. The summed E-state index contributed by atoms with van der Waals surface area (Å²) in [6.07, 6.45) is -0.386. The second kappa shape index (κ2) is 5.37. The second-order valence-corrected chi connectivity index (χ2v) is 5.33. The second-order valence-electron chi connectivity index (χ2n) is 5.33. The van der Waals surface area contributed by atoms with Gasteiger partial charge in [0.05, 0.1) is 19.1 Å². The van der Waals surface area contributed by atoms with Gasteiger partial charge in [-0.3, -0.25) is 9.59 Å². The Balaban J connectivity index is 2.62. The van der Waals surface area contributed by atoms with Crippen LogP contribution in [0.2, 0.25) is 0 Å². The summed E-state index contributed by atoms with van der Waals surface area (Å²) >= 11 is 0. The molecule has 0 aromatic heterocycles. The van der Waals surface area contributed by atoms with E-state index in [1.807, 2.05) is 0 Å². The molecular weight excluding hydrogens is 238 g/mol. The van der Waals surface area contributed by atoms with Gasteiger partial charge in [-0.05, 0) is 20.8 Å². The fourth-order valence-corrected chi connectivity index (χ4v) is 1.87. The first kappa shape index (κ1) is 14.5. The van der Waals surface area contributed by atoms with Crippen molar-refractivity contribution in [3.05, 3.63) is 0 Å². The molecule has 0 saturated heterocycles. The Morgan fingerprint density at radius 1 is 1.28 bits per heavy atom. The Morgan fingerprint density at radius 2 is 1.89 bits per heavy atom. The van der Waals surface area contributed by atoms with E-state index in [0.717, 1.165) is 0 Å². The maximum atomic E-state index is 11.6. The maximum Gasteiger partial charge on any atom is 0.407 e. The van der Waals surface area contributed by atoms with Gasteiger partial charge in [0, 0.05) is 12.8 Å². The average molecular weight is 257 g/mol. The lowest BCUT2D eigenvalue weighted by molar-refractivity contribution is -0.146. The summed E-state index contributed by atoms with van der Waals surface area (Å²) in [7, 11) is 1.26. The zero-order valence-corrected chi connectivity index (χ0v) is 11.1. The van der Waals surface area contributed by atoms with Gasteiger partial charge in [-0.1, -0.05) is 0 Å². The third-order valence-electron chi connectivity index (χ3n) is 2.59. The van der Waals surface area contributed by atoms with E-state index in [4.69, 9.17) is 4.74 Å². The van der Waals surface area contributed by atoms with Gasteiger partial charge in [-0.25, -0.2) is 4.79 Å². The summed E-state index contributed by atoms with van der Waals surface area (Å²) in [4.78, 5) is 34.4. The Morgan fingerprint density at radius 3 is 2.39 bits per heavy atom. The van der Waals surface area contributed by atoms with Crippen LogP contribution >= 0.6 is 0 Å². The van der Waals surface area contributed by atoms with E-state index < -0.39 is 29.6 Å². The third kappa shape index (κ3) is 4.01. The molecular formula is C12H19NO5. The van der Waals surface area contributed by atoms with Gasteiger partial charge >= 0.3 is 12.1 Å². The molecule has 102 valence electrons. The number of hydrogen-bond donors (Lipinski definition) is 1. The maximum absolute atomic E-state index is 11.6. The molecule has 0 unspecified atom stereocenters. The first-order valence-corrected chi connectivity index (χ1v) is 5.82. The Hall–Kier alpha value is -1.59. The van der Waals surface area contributed by atoms with Crippen molar-refractivity contribution < 1.29 is 23.9 Å². The number of carbonyl (C=O) groups is 3. The number of carbonyl (C=O) groups excluding carboxylic acids is 3. The molecule has 0 aliphatic heterocycles. The molecule has 0 aromatic rings. The van der Waals surface area contributed by atoms with Crippen molar-refractivity contribution in [3.63, 3.8) is 0 Å². The van der Waals surface area contributed by atoms with Crippen LogP contribution in [0.1, 0.15) is 33.6 Å². The first-order valence-electron chi connectivity index (χ1n) is 5.82. The molecule has 1 fully saturated rings. The molecule has 18 heavy (non-hydrogen) atoms. The minimum absolute atomic E-state index is 0.0635. The molecule has 1 aliphatic carbocycles. The van der Waals surface area contributed by atoms with Crippen molar-refractivity contribution in [1.29, 1.82) is 0 Å². The largest absolute Gasteiger partial charge is 0.469 e. The molecule has 0 bridgehead atoms. The minimum Gasteiger partial charge on any atom is -0.469 e. The number of ketones is 1. The Labute approximate surface area is 106 Å². The van der Waals surface area contributed by atoms with Crippen LogP contribution in [0.3, 0.4) is 0 Å². The van der Waals surface area contributed by atoms with E-state index in [-0.39, 0.29) is 18.6 Å².